The van der Waals surface area contributed by atoms with Gasteiger partial charge in [-0.05, 0) is 24.6 Å². The first-order valence-corrected chi connectivity index (χ1v) is 5.17. The van der Waals surface area contributed by atoms with Gasteiger partial charge in [0, 0.05) is 5.02 Å². The summed E-state index contributed by atoms with van der Waals surface area (Å²) in [6, 6.07) is 2.52. The van der Waals surface area contributed by atoms with Crippen LogP contribution >= 0.6 is 11.6 Å². The maximum atomic E-state index is 10.7. The number of benzene rings is 1. The van der Waals surface area contributed by atoms with Crippen LogP contribution in [0.2, 0.25) is 5.02 Å². The van der Waals surface area contributed by atoms with Crippen molar-refractivity contribution in [1.82, 2.24) is 0 Å². The summed E-state index contributed by atoms with van der Waals surface area (Å²) < 4.78 is 30.2. The molecule has 4 nitrogen and oxygen atoms in total. The molecule has 0 aliphatic carbocycles. The van der Waals surface area contributed by atoms with Gasteiger partial charge in [0.1, 0.15) is 4.90 Å². The molecular formula is C7H9ClNNaO3S. The molecule has 1 aromatic rings. The summed E-state index contributed by atoms with van der Waals surface area (Å²) in [6.07, 6.45) is 0. The second-order valence-electron chi connectivity index (χ2n) is 2.61. The van der Waals surface area contributed by atoms with E-state index in [1.807, 2.05) is 0 Å². The van der Waals surface area contributed by atoms with Crippen LogP contribution in [0.3, 0.4) is 0 Å². The van der Waals surface area contributed by atoms with E-state index in [0.717, 1.165) is 6.07 Å². The van der Waals surface area contributed by atoms with Crippen LogP contribution in [0.1, 0.15) is 5.56 Å². The Morgan fingerprint density at radius 1 is 1.43 bits per heavy atom. The molecule has 3 N–H and O–H groups in total. The molecule has 1 aromatic carbocycles. The van der Waals surface area contributed by atoms with E-state index < -0.39 is 10.1 Å². The molecule has 14 heavy (non-hydrogen) atoms. The minimum absolute atomic E-state index is 0. The number of nitrogen functional groups attached to an aromatic ring is 1. The number of hydrogen-bond donors (Lipinski definition) is 2. The van der Waals surface area contributed by atoms with E-state index in [1.165, 1.54) is 6.07 Å². The molecule has 1 rings (SSSR count). The number of halogens is 1. The topological polar surface area (TPSA) is 80.4 Å². The SMILES string of the molecule is Cc1cc(N)c(S(=O)(=O)O)cc1Cl.[NaH]. The van der Waals surface area contributed by atoms with Gasteiger partial charge in [-0.2, -0.15) is 8.42 Å². The van der Waals surface area contributed by atoms with Crippen LogP contribution in [0.25, 0.3) is 0 Å². The van der Waals surface area contributed by atoms with Crippen LogP contribution < -0.4 is 5.73 Å². The molecule has 74 valence electrons. The average Bonchev–Trinajstić information content (AvgIpc) is 1.94. The summed E-state index contributed by atoms with van der Waals surface area (Å²) >= 11 is 5.66. The number of anilines is 1. The third-order valence-electron chi connectivity index (χ3n) is 1.57. The van der Waals surface area contributed by atoms with Crippen LogP contribution in [0.4, 0.5) is 5.69 Å². The molecule has 0 bridgehead atoms. The fraction of sp³-hybridized carbons (Fsp3) is 0.143. The van der Waals surface area contributed by atoms with E-state index in [2.05, 4.69) is 0 Å². The first-order chi connectivity index (χ1) is 5.82. The fourth-order valence-electron chi connectivity index (χ4n) is 0.909. The molecule has 0 spiro atoms. The second-order valence-corrected chi connectivity index (χ2v) is 4.41. The molecule has 0 saturated heterocycles. The van der Waals surface area contributed by atoms with Gasteiger partial charge in [-0.15, -0.1) is 0 Å². The normalized spacial score (nSPS) is 10.8. The van der Waals surface area contributed by atoms with Crippen molar-refractivity contribution in [1.29, 1.82) is 0 Å². The Hall–Kier alpha value is 0.220. The Morgan fingerprint density at radius 3 is 2.36 bits per heavy atom. The predicted molar refractivity (Wildman–Crippen MR) is 57.6 cm³/mol. The number of nitrogens with two attached hydrogens (primary N) is 1. The third kappa shape index (κ3) is 3.12. The van der Waals surface area contributed by atoms with Gasteiger partial charge in [-0.25, -0.2) is 0 Å². The predicted octanol–water partition coefficient (Wildman–Crippen LogP) is 0.829. The number of rotatable bonds is 1. The van der Waals surface area contributed by atoms with Crippen molar-refractivity contribution in [2.45, 2.75) is 11.8 Å². The molecule has 0 unspecified atom stereocenters. The molecule has 0 amide bonds. The zero-order valence-corrected chi connectivity index (χ0v) is 8.35. The van der Waals surface area contributed by atoms with Crippen molar-refractivity contribution in [3.8, 4) is 0 Å². The summed E-state index contributed by atoms with van der Waals surface area (Å²) in [5, 5.41) is 0.252. The van der Waals surface area contributed by atoms with E-state index in [0.29, 0.717) is 5.56 Å². The fourth-order valence-corrected chi connectivity index (χ4v) is 1.76. The van der Waals surface area contributed by atoms with Crippen molar-refractivity contribution in [3.63, 3.8) is 0 Å². The molecule has 0 saturated carbocycles. The van der Waals surface area contributed by atoms with Gasteiger partial charge in [0.15, 0.2) is 0 Å². The van der Waals surface area contributed by atoms with E-state index in [4.69, 9.17) is 21.9 Å². The van der Waals surface area contributed by atoms with Crippen LogP contribution in [-0.4, -0.2) is 42.5 Å². The van der Waals surface area contributed by atoms with Crippen LogP contribution in [0, 0.1) is 6.92 Å². The first kappa shape index (κ1) is 14.2. The summed E-state index contributed by atoms with van der Waals surface area (Å²) in [4.78, 5) is -0.358. The van der Waals surface area contributed by atoms with Gasteiger partial charge in [0.25, 0.3) is 10.1 Å². The summed E-state index contributed by atoms with van der Waals surface area (Å²) in [5.74, 6) is 0. The third-order valence-corrected chi connectivity index (χ3v) is 2.89. The van der Waals surface area contributed by atoms with Gasteiger partial charge in [-0.1, -0.05) is 11.6 Å². The van der Waals surface area contributed by atoms with Gasteiger partial charge in [-0.3, -0.25) is 4.55 Å². The molecular weight excluding hydrogens is 237 g/mol. The quantitative estimate of drug-likeness (QED) is 0.436. The minimum atomic E-state index is -4.28. The maximum absolute atomic E-state index is 10.7. The van der Waals surface area contributed by atoms with E-state index in [-0.39, 0.29) is 45.2 Å². The zero-order chi connectivity index (χ0) is 10.2. The van der Waals surface area contributed by atoms with Gasteiger partial charge < -0.3 is 5.73 Å². The molecule has 0 fully saturated rings. The summed E-state index contributed by atoms with van der Waals surface area (Å²) in [7, 11) is -4.28. The molecule has 0 aromatic heterocycles. The van der Waals surface area contributed by atoms with Crippen molar-refractivity contribution >= 4 is 57.0 Å². The second kappa shape index (κ2) is 4.83. The van der Waals surface area contributed by atoms with Crippen LogP contribution in [-0.2, 0) is 10.1 Å². The van der Waals surface area contributed by atoms with Crippen molar-refractivity contribution in [2.75, 3.05) is 5.73 Å². The van der Waals surface area contributed by atoms with E-state index >= 15 is 0 Å². The molecule has 0 aliphatic rings. The Balaban J connectivity index is 0.00000169. The monoisotopic (exact) mass is 245 g/mol. The van der Waals surface area contributed by atoms with Crippen LogP contribution in [0.15, 0.2) is 17.0 Å². The molecule has 0 heterocycles. The van der Waals surface area contributed by atoms with Crippen LogP contribution in [0.5, 0.6) is 0 Å². The molecule has 0 atom stereocenters. The van der Waals surface area contributed by atoms with Gasteiger partial charge in [0.05, 0.1) is 5.69 Å². The summed E-state index contributed by atoms with van der Waals surface area (Å²) in [6.45, 7) is 1.69. The first-order valence-electron chi connectivity index (χ1n) is 3.35. The average molecular weight is 246 g/mol. The van der Waals surface area contributed by atoms with Gasteiger partial charge in [0.2, 0.25) is 0 Å². The van der Waals surface area contributed by atoms with Gasteiger partial charge >= 0.3 is 29.6 Å². The zero-order valence-electron chi connectivity index (χ0n) is 6.78. The standard InChI is InChI=1S/C7H8ClNO3S.Na.H/c1-4-2-6(9)7(3-5(4)8)13(10,11)12;;/h2-3H,9H2,1H3,(H,10,11,12);;. The van der Waals surface area contributed by atoms with Crippen molar-refractivity contribution in [2.24, 2.45) is 0 Å². The Labute approximate surface area is 109 Å². The molecule has 0 aliphatic heterocycles. The van der Waals surface area contributed by atoms with Crippen molar-refractivity contribution < 1.29 is 13.0 Å². The number of hydrogen-bond acceptors (Lipinski definition) is 3. The Bertz CT molecular complexity index is 446. The van der Waals surface area contributed by atoms with E-state index in [9.17, 15) is 8.42 Å². The Kier molecular flexibility index (Phi) is 4.90. The molecule has 0 radical (unpaired) electrons. The Morgan fingerprint density at radius 2 is 1.93 bits per heavy atom. The van der Waals surface area contributed by atoms with Crippen molar-refractivity contribution in [3.05, 3.63) is 22.7 Å². The number of aryl methyl sites for hydroxylation is 1. The summed E-state index contributed by atoms with van der Waals surface area (Å²) in [5.41, 5.74) is 6.03. The van der Waals surface area contributed by atoms with E-state index in [1.54, 1.807) is 6.92 Å². The molecule has 7 heteroatoms.